The minimum atomic E-state index is 0. The van der Waals surface area contributed by atoms with Crippen LogP contribution in [-0.2, 0) is 11.3 Å². The summed E-state index contributed by atoms with van der Waals surface area (Å²) >= 11 is 0. The van der Waals surface area contributed by atoms with E-state index in [0.29, 0.717) is 19.7 Å². The average Bonchev–Trinajstić information content (AvgIpc) is 2.73. The Kier molecular flexibility index (Phi) is 12.9. The first-order valence-corrected chi connectivity index (χ1v) is 10.2. The van der Waals surface area contributed by atoms with Gasteiger partial charge in [0.25, 0.3) is 0 Å². The quantitative estimate of drug-likeness (QED) is 0.177. The Bertz CT molecular complexity index is 753. The van der Waals surface area contributed by atoms with Crippen molar-refractivity contribution in [2.45, 2.75) is 33.4 Å². The maximum atomic E-state index is 6.03. The van der Waals surface area contributed by atoms with E-state index in [2.05, 4.69) is 72.0 Å². The molecule has 0 aromatic heterocycles. The Hall–Kier alpha value is -2.00. The minimum Gasteiger partial charge on any atom is -0.489 e. The Morgan fingerprint density at radius 1 is 1.07 bits per heavy atom. The van der Waals surface area contributed by atoms with Gasteiger partial charge < -0.3 is 25.4 Å². The highest BCUT2D eigenvalue weighted by Gasteiger charge is 2.07. The van der Waals surface area contributed by atoms with Gasteiger partial charge in [0, 0.05) is 25.9 Å². The largest absolute Gasteiger partial charge is 0.489 e. The topological polar surface area (TPSA) is 66.9 Å². The van der Waals surface area contributed by atoms with Gasteiger partial charge in [-0.1, -0.05) is 30.3 Å². The summed E-state index contributed by atoms with van der Waals surface area (Å²) in [6, 6.07) is 16.4. The summed E-state index contributed by atoms with van der Waals surface area (Å²) in [5.74, 6) is 1.71. The summed E-state index contributed by atoms with van der Waals surface area (Å²) in [7, 11) is 1.70. The number of rotatable bonds is 11. The van der Waals surface area contributed by atoms with Crippen molar-refractivity contribution in [3.8, 4) is 5.75 Å². The second-order valence-electron chi connectivity index (χ2n) is 6.89. The average molecular weight is 526 g/mol. The van der Waals surface area contributed by atoms with Gasteiger partial charge in [-0.25, -0.2) is 4.99 Å². The molecule has 2 aromatic rings. The van der Waals surface area contributed by atoms with Crippen LogP contribution in [0, 0.1) is 6.92 Å². The zero-order valence-corrected chi connectivity index (χ0v) is 20.7. The zero-order chi connectivity index (χ0) is 20.9. The van der Waals surface area contributed by atoms with Crippen LogP contribution in [0.3, 0.4) is 0 Å². The monoisotopic (exact) mass is 526 g/mol. The van der Waals surface area contributed by atoms with Gasteiger partial charge in [-0.15, -0.1) is 24.0 Å². The second-order valence-corrected chi connectivity index (χ2v) is 6.89. The highest BCUT2D eigenvalue weighted by molar-refractivity contribution is 14.0. The third kappa shape index (κ3) is 9.67. The van der Waals surface area contributed by atoms with Crippen molar-refractivity contribution in [2.24, 2.45) is 4.99 Å². The van der Waals surface area contributed by atoms with Gasteiger partial charge in [0.05, 0.1) is 19.7 Å². The number of nitrogens with zero attached hydrogens (tertiary/aromatic N) is 1. The van der Waals surface area contributed by atoms with Crippen molar-refractivity contribution >= 4 is 35.6 Å². The minimum absolute atomic E-state index is 0. The van der Waals surface area contributed by atoms with E-state index in [1.165, 1.54) is 0 Å². The maximum Gasteiger partial charge on any atom is 0.191 e. The summed E-state index contributed by atoms with van der Waals surface area (Å²) in [5.41, 5.74) is 3.38. The van der Waals surface area contributed by atoms with Crippen LogP contribution in [0.1, 0.15) is 25.0 Å². The standard InChI is InChI=1S/C23H34N4O2.HI/c1-5-24-23(26-16-19(3)29-22-9-7-6-8-18(22)2)27-17-20-10-12-21(13-11-20)25-14-15-28-4;/h6-13,19,25H,5,14-17H2,1-4H3,(H2,24,26,27);1H. The Morgan fingerprint density at radius 3 is 2.47 bits per heavy atom. The van der Waals surface area contributed by atoms with E-state index in [9.17, 15) is 0 Å². The zero-order valence-electron chi connectivity index (χ0n) is 18.4. The first-order valence-electron chi connectivity index (χ1n) is 10.2. The van der Waals surface area contributed by atoms with Gasteiger partial charge in [0.2, 0.25) is 0 Å². The number of para-hydroxylation sites is 1. The van der Waals surface area contributed by atoms with Gasteiger partial charge in [-0.05, 0) is 50.1 Å². The molecule has 0 saturated carbocycles. The number of hydrogen-bond acceptors (Lipinski definition) is 4. The number of aliphatic imine (C=N–C) groups is 1. The fourth-order valence-corrected chi connectivity index (χ4v) is 2.72. The molecule has 2 rings (SSSR count). The van der Waals surface area contributed by atoms with Crippen molar-refractivity contribution in [2.75, 3.05) is 38.7 Å². The lowest BCUT2D eigenvalue weighted by Gasteiger charge is -2.18. The van der Waals surface area contributed by atoms with Gasteiger partial charge in [-0.3, -0.25) is 0 Å². The number of anilines is 1. The normalized spacial score (nSPS) is 11.9. The molecule has 7 heteroatoms. The van der Waals surface area contributed by atoms with E-state index >= 15 is 0 Å². The van der Waals surface area contributed by atoms with Gasteiger partial charge in [-0.2, -0.15) is 0 Å². The first-order chi connectivity index (χ1) is 14.1. The predicted molar refractivity (Wildman–Crippen MR) is 136 cm³/mol. The molecule has 30 heavy (non-hydrogen) atoms. The Balaban J connectivity index is 0.00000450. The summed E-state index contributed by atoms with van der Waals surface area (Å²) in [6.45, 7) is 9.74. The molecule has 166 valence electrons. The summed E-state index contributed by atoms with van der Waals surface area (Å²) in [6.07, 6.45) is 0.0254. The second kappa shape index (κ2) is 14.9. The smallest absolute Gasteiger partial charge is 0.191 e. The first kappa shape index (κ1) is 26.0. The SMILES string of the molecule is CCNC(=NCc1ccc(NCCOC)cc1)NCC(C)Oc1ccccc1C.I. The number of ether oxygens (including phenoxy) is 2. The molecule has 0 spiro atoms. The highest BCUT2D eigenvalue weighted by Crippen LogP contribution is 2.17. The van der Waals surface area contributed by atoms with Crippen molar-refractivity contribution in [3.05, 3.63) is 59.7 Å². The van der Waals surface area contributed by atoms with Gasteiger partial charge in [0.1, 0.15) is 11.9 Å². The fourth-order valence-electron chi connectivity index (χ4n) is 2.72. The molecular weight excluding hydrogens is 491 g/mol. The van der Waals surface area contributed by atoms with Crippen LogP contribution in [0.25, 0.3) is 0 Å². The number of nitrogens with one attached hydrogen (secondary N) is 3. The predicted octanol–water partition coefficient (Wildman–Crippen LogP) is 4.19. The van der Waals surface area contributed by atoms with E-state index in [0.717, 1.165) is 41.6 Å². The maximum absolute atomic E-state index is 6.03. The molecule has 0 radical (unpaired) electrons. The number of benzene rings is 2. The van der Waals surface area contributed by atoms with Crippen molar-refractivity contribution in [1.29, 1.82) is 0 Å². The Labute approximate surface area is 197 Å². The van der Waals surface area contributed by atoms with Crippen LogP contribution in [0.2, 0.25) is 0 Å². The van der Waals surface area contributed by atoms with Crippen molar-refractivity contribution in [3.63, 3.8) is 0 Å². The molecular formula is C23H35IN4O2. The molecule has 2 aromatic carbocycles. The van der Waals surface area contributed by atoms with Crippen LogP contribution < -0.4 is 20.7 Å². The third-order valence-electron chi connectivity index (χ3n) is 4.33. The number of halogens is 1. The Morgan fingerprint density at radius 2 is 1.80 bits per heavy atom. The van der Waals surface area contributed by atoms with Gasteiger partial charge in [0.15, 0.2) is 5.96 Å². The lowest BCUT2D eigenvalue weighted by molar-refractivity contribution is 0.211. The molecule has 1 atom stereocenters. The molecule has 0 saturated heterocycles. The highest BCUT2D eigenvalue weighted by atomic mass is 127. The van der Waals surface area contributed by atoms with E-state index in [1.807, 2.05) is 18.2 Å². The fraction of sp³-hybridized carbons (Fsp3) is 0.435. The molecule has 0 aliphatic heterocycles. The molecule has 0 fully saturated rings. The molecule has 0 amide bonds. The number of methoxy groups -OCH3 is 1. The van der Waals surface area contributed by atoms with E-state index < -0.39 is 0 Å². The number of guanidine groups is 1. The van der Waals surface area contributed by atoms with Crippen LogP contribution in [0.4, 0.5) is 5.69 Å². The molecule has 0 bridgehead atoms. The van der Waals surface area contributed by atoms with Crippen LogP contribution >= 0.6 is 24.0 Å². The summed E-state index contributed by atoms with van der Waals surface area (Å²) < 4.78 is 11.1. The summed E-state index contributed by atoms with van der Waals surface area (Å²) in [4.78, 5) is 4.68. The van der Waals surface area contributed by atoms with Crippen LogP contribution in [0.15, 0.2) is 53.5 Å². The van der Waals surface area contributed by atoms with Gasteiger partial charge >= 0.3 is 0 Å². The molecule has 0 heterocycles. The third-order valence-corrected chi connectivity index (χ3v) is 4.33. The molecule has 6 nitrogen and oxygen atoms in total. The molecule has 0 aliphatic rings. The van der Waals surface area contributed by atoms with E-state index in [-0.39, 0.29) is 30.1 Å². The summed E-state index contributed by atoms with van der Waals surface area (Å²) in [5, 5.41) is 9.97. The molecule has 0 aliphatic carbocycles. The number of aryl methyl sites for hydroxylation is 1. The lowest BCUT2D eigenvalue weighted by atomic mass is 10.2. The number of hydrogen-bond donors (Lipinski definition) is 3. The van der Waals surface area contributed by atoms with E-state index in [1.54, 1.807) is 7.11 Å². The van der Waals surface area contributed by atoms with E-state index in [4.69, 9.17) is 9.47 Å². The van der Waals surface area contributed by atoms with Crippen molar-refractivity contribution < 1.29 is 9.47 Å². The lowest BCUT2D eigenvalue weighted by Crippen LogP contribution is -2.41. The van der Waals surface area contributed by atoms with Crippen LogP contribution in [-0.4, -0.2) is 45.4 Å². The van der Waals surface area contributed by atoms with Crippen LogP contribution in [0.5, 0.6) is 5.75 Å². The molecule has 3 N–H and O–H groups in total. The van der Waals surface area contributed by atoms with Crippen molar-refractivity contribution in [1.82, 2.24) is 10.6 Å². The molecule has 1 unspecified atom stereocenters.